The van der Waals surface area contributed by atoms with Crippen LogP contribution >= 0.6 is 0 Å². The van der Waals surface area contributed by atoms with Crippen molar-refractivity contribution in [3.63, 3.8) is 0 Å². The second kappa shape index (κ2) is 6.40. The molecule has 1 aromatic carbocycles. The average Bonchev–Trinajstić information content (AvgIpc) is 2.46. The maximum absolute atomic E-state index is 12.2. The number of hydrogen-bond donors (Lipinski definition) is 2. The zero-order valence-electron chi connectivity index (χ0n) is 11.2. The molecule has 8 heteroatoms. The van der Waals surface area contributed by atoms with Crippen LogP contribution in [0.15, 0.2) is 23.1 Å². The van der Waals surface area contributed by atoms with Gasteiger partial charge in [0.1, 0.15) is 10.6 Å². The summed E-state index contributed by atoms with van der Waals surface area (Å²) in [5, 5.41) is 0. The van der Waals surface area contributed by atoms with E-state index in [-0.39, 0.29) is 23.3 Å². The maximum atomic E-state index is 12.2. The number of methoxy groups -OCH3 is 1. The van der Waals surface area contributed by atoms with Gasteiger partial charge in [-0.1, -0.05) is 0 Å². The SMILES string of the molecule is COc1cc(N)ccc1S(=O)(=O)NCC1COCCO1. The van der Waals surface area contributed by atoms with Crippen LogP contribution in [0, 0.1) is 0 Å². The van der Waals surface area contributed by atoms with Crippen molar-refractivity contribution in [2.45, 2.75) is 11.0 Å². The summed E-state index contributed by atoms with van der Waals surface area (Å²) < 4.78 is 42.6. The van der Waals surface area contributed by atoms with Crippen molar-refractivity contribution in [3.8, 4) is 5.75 Å². The van der Waals surface area contributed by atoms with Crippen LogP contribution in [-0.4, -0.2) is 48.0 Å². The van der Waals surface area contributed by atoms with E-state index in [2.05, 4.69) is 4.72 Å². The van der Waals surface area contributed by atoms with Gasteiger partial charge >= 0.3 is 0 Å². The van der Waals surface area contributed by atoms with Crippen LogP contribution in [0.25, 0.3) is 0 Å². The second-order valence-electron chi connectivity index (χ2n) is 4.33. The molecule has 0 amide bonds. The zero-order chi connectivity index (χ0) is 14.6. The molecule has 0 aliphatic carbocycles. The molecule has 1 unspecified atom stereocenters. The first-order chi connectivity index (χ1) is 9.53. The van der Waals surface area contributed by atoms with Crippen molar-refractivity contribution >= 4 is 15.7 Å². The van der Waals surface area contributed by atoms with Gasteiger partial charge < -0.3 is 19.9 Å². The lowest BCUT2D eigenvalue weighted by Gasteiger charge is -2.23. The minimum Gasteiger partial charge on any atom is -0.495 e. The van der Waals surface area contributed by atoms with Crippen molar-refractivity contribution in [1.82, 2.24) is 4.72 Å². The smallest absolute Gasteiger partial charge is 0.244 e. The van der Waals surface area contributed by atoms with E-state index in [1.807, 2.05) is 0 Å². The first kappa shape index (κ1) is 15.0. The number of anilines is 1. The summed E-state index contributed by atoms with van der Waals surface area (Å²) in [5.41, 5.74) is 6.04. The van der Waals surface area contributed by atoms with E-state index >= 15 is 0 Å². The molecule has 112 valence electrons. The number of benzene rings is 1. The van der Waals surface area contributed by atoms with Crippen molar-refractivity contribution in [2.75, 3.05) is 39.2 Å². The molecule has 1 fully saturated rings. The minimum absolute atomic E-state index is 0.0472. The molecule has 1 heterocycles. The summed E-state index contributed by atoms with van der Waals surface area (Å²) in [5.74, 6) is 0.207. The van der Waals surface area contributed by atoms with E-state index in [0.717, 1.165) is 0 Å². The first-order valence-electron chi connectivity index (χ1n) is 6.15. The molecule has 3 N–H and O–H groups in total. The predicted molar refractivity (Wildman–Crippen MR) is 73.2 cm³/mol. The van der Waals surface area contributed by atoms with E-state index in [4.69, 9.17) is 19.9 Å². The van der Waals surface area contributed by atoms with Crippen LogP contribution in [0.1, 0.15) is 0 Å². The quantitative estimate of drug-likeness (QED) is 0.741. The van der Waals surface area contributed by atoms with Crippen molar-refractivity contribution in [1.29, 1.82) is 0 Å². The largest absolute Gasteiger partial charge is 0.495 e. The number of sulfonamides is 1. The lowest BCUT2D eigenvalue weighted by molar-refractivity contribution is -0.0846. The van der Waals surface area contributed by atoms with Gasteiger partial charge in [0.15, 0.2) is 0 Å². The van der Waals surface area contributed by atoms with Crippen LogP contribution in [0.2, 0.25) is 0 Å². The Morgan fingerprint density at radius 2 is 2.25 bits per heavy atom. The van der Waals surface area contributed by atoms with Crippen molar-refractivity contribution in [3.05, 3.63) is 18.2 Å². The first-order valence-corrected chi connectivity index (χ1v) is 7.64. The average molecular weight is 302 g/mol. The number of rotatable bonds is 5. The van der Waals surface area contributed by atoms with Crippen LogP contribution in [0.4, 0.5) is 5.69 Å². The third-order valence-corrected chi connectivity index (χ3v) is 4.33. The van der Waals surface area contributed by atoms with Gasteiger partial charge in [0.25, 0.3) is 0 Å². The van der Waals surface area contributed by atoms with E-state index in [0.29, 0.717) is 25.5 Å². The highest BCUT2D eigenvalue weighted by Gasteiger charge is 2.22. The number of hydrogen-bond acceptors (Lipinski definition) is 6. The molecule has 7 nitrogen and oxygen atoms in total. The van der Waals surface area contributed by atoms with Gasteiger partial charge in [-0.2, -0.15) is 0 Å². The Morgan fingerprint density at radius 1 is 1.45 bits per heavy atom. The standard InChI is InChI=1S/C12H18N2O5S/c1-17-11-6-9(13)2-3-12(11)20(15,16)14-7-10-8-18-4-5-19-10/h2-3,6,10,14H,4-5,7-8,13H2,1H3. The molecule has 1 atom stereocenters. The number of nitrogen functional groups attached to an aromatic ring is 1. The highest BCUT2D eigenvalue weighted by atomic mass is 32.2. The highest BCUT2D eigenvalue weighted by molar-refractivity contribution is 7.89. The Kier molecular flexibility index (Phi) is 4.81. The molecular formula is C12H18N2O5S. The second-order valence-corrected chi connectivity index (χ2v) is 6.07. The van der Waals surface area contributed by atoms with E-state index in [1.54, 1.807) is 0 Å². The van der Waals surface area contributed by atoms with Crippen molar-refractivity contribution in [2.24, 2.45) is 0 Å². The summed E-state index contributed by atoms with van der Waals surface area (Å²) in [7, 11) is -2.29. The number of nitrogens with two attached hydrogens (primary N) is 1. The number of ether oxygens (including phenoxy) is 3. The Morgan fingerprint density at radius 3 is 2.90 bits per heavy atom. The van der Waals surface area contributed by atoms with Crippen LogP contribution in [0.5, 0.6) is 5.75 Å². The van der Waals surface area contributed by atoms with Crippen molar-refractivity contribution < 1.29 is 22.6 Å². The minimum atomic E-state index is -3.69. The maximum Gasteiger partial charge on any atom is 0.244 e. The van der Waals surface area contributed by atoms with E-state index in [1.165, 1.54) is 25.3 Å². The lowest BCUT2D eigenvalue weighted by atomic mass is 10.3. The Bertz CT molecular complexity index is 555. The summed E-state index contributed by atoms with van der Waals surface area (Å²) in [6.07, 6.45) is -0.279. The molecular weight excluding hydrogens is 284 g/mol. The molecule has 20 heavy (non-hydrogen) atoms. The molecule has 0 saturated carbocycles. The Balaban J connectivity index is 2.09. The van der Waals surface area contributed by atoms with Crippen LogP contribution in [0.3, 0.4) is 0 Å². The van der Waals surface area contributed by atoms with E-state index < -0.39 is 10.0 Å². The van der Waals surface area contributed by atoms with Crippen LogP contribution < -0.4 is 15.2 Å². The molecule has 1 saturated heterocycles. The van der Waals surface area contributed by atoms with Gasteiger partial charge in [-0.05, 0) is 12.1 Å². The third kappa shape index (κ3) is 3.60. The van der Waals surface area contributed by atoms with Gasteiger partial charge in [0, 0.05) is 18.3 Å². The van der Waals surface area contributed by atoms with Gasteiger partial charge in [0.2, 0.25) is 10.0 Å². The molecule has 1 aromatic rings. The molecule has 1 aliphatic heterocycles. The fourth-order valence-corrected chi connectivity index (χ4v) is 3.06. The van der Waals surface area contributed by atoms with Gasteiger partial charge in [-0.15, -0.1) is 0 Å². The summed E-state index contributed by atoms with van der Waals surface area (Å²) in [6, 6.07) is 4.39. The van der Waals surface area contributed by atoms with Gasteiger partial charge in [-0.3, -0.25) is 0 Å². The normalized spacial score (nSPS) is 19.8. The van der Waals surface area contributed by atoms with Crippen LogP contribution in [-0.2, 0) is 19.5 Å². The van der Waals surface area contributed by atoms with Gasteiger partial charge in [-0.25, -0.2) is 13.1 Å². The number of nitrogens with one attached hydrogen (secondary N) is 1. The topological polar surface area (TPSA) is 99.9 Å². The third-order valence-electron chi connectivity index (χ3n) is 2.86. The molecule has 0 radical (unpaired) electrons. The predicted octanol–water partition coefficient (Wildman–Crippen LogP) is -0.0289. The Labute approximate surface area is 118 Å². The highest BCUT2D eigenvalue weighted by Crippen LogP contribution is 2.25. The molecule has 0 bridgehead atoms. The fourth-order valence-electron chi connectivity index (χ4n) is 1.84. The zero-order valence-corrected chi connectivity index (χ0v) is 12.0. The Hall–Kier alpha value is -1.35. The van der Waals surface area contributed by atoms with E-state index in [9.17, 15) is 8.42 Å². The summed E-state index contributed by atoms with van der Waals surface area (Å²) >= 11 is 0. The lowest BCUT2D eigenvalue weighted by Crippen LogP contribution is -2.39. The molecule has 2 rings (SSSR count). The molecule has 0 aromatic heterocycles. The fraction of sp³-hybridized carbons (Fsp3) is 0.500. The molecule has 0 spiro atoms. The summed E-state index contributed by atoms with van der Waals surface area (Å²) in [4.78, 5) is 0.0472. The van der Waals surface area contributed by atoms with Gasteiger partial charge in [0.05, 0.1) is 33.0 Å². The monoisotopic (exact) mass is 302 g/mol. The summed E-state index contributed by atoms with van der Waals surface area (Å²) in [6.45, 7) is 1.53. The molecule has 1 aliphatic rings.